The first-order chi connectivity index (χ1) is 10.8. The van der Waals surface area contributed by atoms with Crippen LogP contribution in [0.2, 0.25) is 0 Å². The van der Waals surface area contributed by atoms with Crippen LogP contribution in [0.1, 0.15) is 5.56 Å². The molecule has 0 aliphatic carbocycles. The third-order valence-electron chi connectivity index (χ3n) is 4.89. The normalized spacial score (nSPS) is 12.0. The summed E-state index contributed by atoms with van der Waals surface area (Å²) >= 11 is 0. The van der Waals surface area contributed by atoms with Gasteiger partial charge in [-0.05, 0) is 56.3 Å². The Kier molecular flexibility index (Phi) is 2.09. The van der Waals surface area contributed by atoms with Crippen LogP contribution in [0.15, 0.2) is 60.7 Å². The molecule has 0 spiro atoms. The Labute approximate surface area is 128 Å². The van der Waals surface area contributed by atoms with E-state index < -0.39 is 0 Å². The summed E-state index contributed by atoms with van der Waals surface area (Å²) in [6.45, 7) is 2.20. The summed E-state index contributed by atoms with van der Waals surface area (Å²) in [5.74, 6) is 0. The molecule has 5 aromatic carbocycles. The fourth-order valence-electron chi connectivity index (χ4n) is 3.92. The maximum Gasteiger partial charge on any atom is 0.0394 e. The second-order valence-electron chi connectivity index (χ2n) is 6.09. The quantitative estimate of drug-likeness (QED) is 0.222. The molecule has 104 valence electrons. The predicted molar refractivity (Wildman–Crippen MR) is 96.8 cm³/mol. The van der Waals surface area contributed by atoms with Crippen molar-refractivity contribution in [2.45, 2.75) is 6.92 Å². The number of fused-ring (bicyclic) bond motifs is 2. The molecule has 0 saturated carbocycles. The lowest BCUT2D eigenvalue weighted by molar-refractivity contribution is 1.56. The lowest BCUT2D eigenvalue weighted by Gasteiger charge is -2.16. The molecule has 0 aromatic heterocycles. The van der Waals surface area contributed by atoms with Gasteiger partial charge in [0.1, 0.15) is 0 Å². The minimum atomic E-state index is 0.852. The number of hydrogen-bond acceptors (Lipinski definition) is 1. The van der Waals surface area contributed by atoms with Crippen LogP contribution in [-0.2, 0) is 0 Å². The minimum Gasteiger partial charge on any atom is -0.398 e. The second kappa shape index (κ2) is 3.89. The number of anilines is 1. The first-order valence-electron chi connectivity index (χ1n) is 7.60. The Balaban J connectivity index is 2.31. The van der Waals surface area contributed by atoms with E-state index in [1.165, 1.54) is 43.3 Å². The summed E-state index contributed by atoms with van der Waals surface area (Å²) in [4.78, 5) is 0. The van der Waals surface area contributed by atoms with E-state index in [-0.39, 0.29) is 0 Å². The van der Waals surface area contributed by atoms with Gasteiger partial charge in [0.2, 0.25) is 0 Å². The SMILES string of the molecule is Cc1ccc2cccc3c4cccc5c(N)ccc(c1c23)c54. The van der Waals surface area contributed by atoms with Crippen molar-refractivity contribution in [1.29, 1.82) is 0 Å². The van der Waals surface area contributed by atoms with Gasteiger partial charge in [0, 0.05) is 11.1 Å². The Morgan fingerprint density at radius 1 is 0.591 bits per heavy atom. The number of aryl methyl sites for hydroxylation is 1. The van der Waals surface area contributed by atoms with Crippen molar-refractivity contribution in [3.63, 3.8) is 0 Å². The summed E-state index contributed by atoms with van der Waals surface area (Å²) in [5, 5.41) is 10.4. The zero-order valence-corrected chi connectivity index (χ0v) is 12.4. The molecule has 0 amide bonds. The maximum absolute atomic E-state index is 6.23. The van der Waals surface area contributed by atoms with Crippen molar-refractivity contribution in [2.75, 3.05) is 5.73 Å². The zero-order chi connectivity index (χ0) is 14.8. The highest BCUT2D eigenvalue weighted by molar-refractivity contribution is 6.34. The molecule has 5 aromatic rings. The molecule has 1 nitrogen and oxygen atoms in total. The highest BCUT2D eigenvalue weighted by atomic mass is 14.5. The molecule has 22 heavy (non-hydrogen) atoms. The van der Waals surface area contributed by atoms with Crippen LogP contribution >= 0.6 is 0 Å². The number of hydrogen-bond donors (Lipinski definition) is 1. The standard InChI is InChI=1S/C21H15N/c1-12-8-9-13-4-2-5-14-15-6-3-7-16-18(22)11-10-17(21(15)16)19(12)20(13)14/h2-11H,22H2,1H3. The molecule has 1 heteroatoms. The van der Waals surface area contributed by atoms with Gasteiger partial charge in [0.05, 0.1) is 0 Å². The van der Waals surface area contributed by atoms with Crippen LogP contribution in [0.3, 0.4) is 0 Å². The van der Waals surface area contributed by atoms with Crippen LogP contribution < -0.4 is 5.73 Å². The summed E-state index contributed by atoms with van der Waals surface area (Å²) in [5.41, 5.74) is 8.40. The molecule has 0 fully saturated rings. The average molecular weight is 281 g/mol. The summed E-state index contributed by atoms with van der Waals surface area (Å²) in [6.07, 6.45) is 0. The van der Waals surface area contributed by atoms with Crippen molar-refractivity contribution in [2.24, 2.45) is 0 Å². The Morgan fingerprint density at radius 2 is 1.32 bits per heavy atom. The summed E-state index contributed by atoms with van der Waals surface area (Å²) in [7, 11) is 0. The van der Waals surface area contributed by atoms with Gasteiger partial charge in [-0.25, -0.2) is 0 Å². The number of nitrogen functional groups attached to an aromatic ring is 1. The largest absolute Gasteiger partial charge is 0.398 e. The Morgan fingerprint density at radius 3 is 2.18 bits per heavy atom. The fraction of sp³-hybridized carbons (Fsp3) is 0.0476. The van der Waals surface area contributed by atoms with Crippen molar-refractivity contribution >= 4 is 48.8 Å². The molecule has 0 bridgehead atoms. The van der Waals surface area contributed by atoms with Gasteiger partial charge in [-0.2, -0.15) is 0 Å². The summed E-state index contributed by atoms with van der Waals surface area (Å²) in [6, 6.07) is 21.7. The predicted octanol–water partition coefficient (Wildman–Crippen LogP) is 5.63. The molecule has 0 saturated heterocycles. The van der Waals surface area contributed by atoms with Gasteiger partial charge in [0.25, 0.3) is 0 Å². The average Bonchev–Trinajstić information content (AvgIpc) is 2.55. The molecule has 0 aliphatic rings. The highest BCUT2D eigenvalue weighted by Crippen LogP contribution is 2.42. The Hall–Kier alpha value is -2.80. The van der Waals surface area contributed by atoms with Crippen LogP contribution in [0.25, 0.3) is 43.1 Å². The van der Waals surface area contributed by atoms with Crippen molar-refractivity contribution in [3.05, 3.63) is 66.2 Å². The fourth-order valence-corrected chi connectivity index (χ4v) is 3.92. The first kappa shape index (κ1) is 11.8. The number of rotatable bonds is 0. The van der Waals surface area contributed by atoms with E-state index in [0.717, 1.165) is 11.1 Å². The monoisotopic (exact) mass is 281 g/mol. The van der Waals surface area contributed by atoms with Gasteiger partial charge in [-0.15, -0.1) is 0 Å². The molecule has 0 aliphatic heterocycles. The second-order valence-corrected chi connectivity index (χ2v) is 6.09. The van der Waals surface area contributed by atoms with Gasteiger partial charge in [-0.3, -0.25) is 0 Å². The van der Waals surface area contributed by atoms with E-state index >= 15 is 0 Å². The first-order valence-corrected chi connectivity index (χ1v) is 7.60. The third-order valence-corrected chi connectivity index (χ3v) is 4.89. The number of nitrogens with two attached hydrogens (primary N) is 1. The smallest absolute Gasteiger partial charge is 0.0394 e. The van der Waals surface area contributed by atoms with E-state index in [1.807, 2.05) is 6.07 Å². The van der Waals surface area contributed by atoms with Gasteiger partial charge in [-0.1, -0.05) is 54.6 Å². The minimum absolute atomic E-state index is 0.852. The lowest BCUT2D eigenvalue weighted by Crippen LogP contribution is -1.92. The topological polar surface area (TPSA) is 26.0 Å². The molecule has 2 N–H and O–H groups in total. The maximum atomic E-state index is 6.23. The molecule has 0 atom stereocenters. The van der Waals surface area contributed by atoms with Gasteiger partial charge < -0.3 is 5.73 Å². The zero-order valence-electron chi connectivity index (χ0n) is 12.4. The molecule has 0 unspecified atom stereocenters. The van der Waals surface area contributed by atoms with Crippen LogP contribution in [0.4, 0.5) is 5.69 Å². The van der Waals surface area contributed by atoms with Gasteiger partial charge >= 0.3 is 0 Å². The van der Waals surface area contributed by atoms with E-state index in [4.69, 9.17) is 5.73 Å². The lowest BCUT2D eigenvalue weighted by atomic mass is 9.88. The van der Waals surface area contributed by atoms with Gasteiger partial charge in [0.15, 0.2) is 0 Å². The van der Waals surface area contributed by atoms with E-state index in [1.54, 1.807) is 0 Å². The molecule has 0 radical (unpaired) electrons. The van der Waals surface area contributed by atoms with Crippen molar-refractivity contribution < 1.29 is 0 Å². The van der Waals surface area contributed by atoms with Crippen LogP contribution in [-0.4, -0.2) is 0 Å². The van der Waals surface area contributed by atoms with E-state index in [2.05, 4.69) is 61.5 Å². The molecule has 5 rings (SSSR count). The molecule has 0 heterocycles. The third kappa shape index (κ3) is 1.29. The number of benzene rings is 5. The van der Waals surface area contributed by atoms with E-state index in [9.17, 15) is 0 Å². The molecular formula is C21H15N. The Bertz CT molecular complexity index is 1180. The van der Waals surface area contributed by atoms with Crippen LogP contribution in [0.5, 0.6) is 0 Å². The van der Waals surface area contributed by atoms with E-state index in [0.29, 0.717) is 0 Å². The summed E-state index contributed by atoms with van der Waals surface area (Å²) < 4.78 is 0. The van der Waals surface area contributed by atoms with Crippen molar-refractivity contribution in [1.82, 2.24) is 0 Å². The highest BCUT2D eigenvalue weighted by Gasteiger charge is 2.14. The van der Waals surface area contributed by atoms with Crippen LogP contribution in [0, 0.1) is 6.92 Å². The van der Waals surface area contributed by atoms with Crippen molar-refractivity contribution in [3.8, 4) is 0 Å². The molecular weight excluding hydrogens is 266 g/mol.